The minimum Gasteiger partial charge on any atom is -0.494 e. The summed E-state index contributed by atoms with van der Waals surface area (Å²) in [6, 6.07) is 12.9. The number of anilines is 1. The Bertz CT molecular complexity index is 1250. The molecule has 4 aromatic rings. The lowest BCUT2D eigenvalue weighted by Gasteiger charge is -2.07. The maximum Gasteiger partial charge on any atom is 0.313 e. The van der Waals surface area contributed by atoms with E-state index >= 15 is 0 Å². The highest BCUT2D eigenvalue weighted by molar-refractivity contribution is 7.15. The van der Waals surface area contributed by atoms with Gasteiger partial charge in [-0.2, -0.15) is 4.98 Å². The molecular formula is C22H20FN5O3S. The number of carbonyl (C=O) groups is 2. The number of nitrogens with one attached hydrogen (secondary N) is 2. The Labute approximate surface area is 187 Å². The van der Waals surface area contributed by atoms with Crippen molar-refractivity contribution in [3.63, 3.8) is 0 Å². The standard InChI is InChI=1S/C22H20FN5O3S/c1-2-31-18-8-6-16(7-9-18)25-21(30)20(29)24-11-10-17-13-32-22-26-19(27-28(17)22)14-4-3-5-15(23)12-14/h3-9,12-13H,2,10-11H2,1H3,(H,24,29)(H,25,30). The summed E-state index contributed by atoms with van der Waals surface area (Å²) in [6.45, 7) is 2.68. The number of nitrogens with zero attached hydrogens (tertiary/aromatic N) is 3. The third-order valence-corrected chi connectivity index (χ3v) is 5.39. The van der Waals surface area contributed by atoms with E-state index in [-0.39, 0.29) is 12.4 Å². The number of carbonyl (C=O) groups excluding carboxylic acids is 2. The van der Waals surface area contributed by atoms with Gasteiger partial charge in [0.15, 0.2) is 5.82 Å². The Morgan fingerprint density at radius 1 is 1.16 bits per heavy atom. The number of benzene rings is 2. The molecule has 32 heavy (non-hydrogen) atoms. The molecule has 0 aliphatic heterocycles. The maximum atomic E-state index is 13.5. The van der Waals surface area contributed by atoms with E-state index in [9.17, 15) is 14.0 Å². The average Bonchev–Trinajstić information content (AvgIpc) is 3.37. The predicted octanol–water partition coefficient (Wildman–Crippen LogP) is 3.29. The van der Waals surface area contributed by atoms with Gasteiger partial charge in [0.05, 0.1) is 12.3 Å². The Morgan fingerprint density at radius 2 is 1.97 bits per heavy atom. The summed E-state index contributed by atoms with van der Waals surface area (Å²) in [5, 5.41) is 11.5. The predicted molar refractivity (Wildman–Crippen MR) is 119 cm³/mol. The molecule has 0 saturated heterocycles. The molecule has 0 radical (unpaired) electrons. The van der Waals surface area contributed by atoms with Crippen molar-refractivity contribution >= 4 is 33.8 Å². The second-order valence-electron chi connectivity index (χ2n) is 6.78. The van der Waals surface area contributed by atoms with Gasteiger partial charge in [0.2, 0.25) is 4.96 Å². The van der Waals surface area contributed by atoms with Crippen LogP contribution >= 0.6 is 11.3 Å². The second kappa shape index (κ2) is 9.56. The monoisotopic (exact) mass is 453 g/mol. The number of hydrogen-bond donors (Lipinski definition) is 2. The minimum absolute atomic E-state index is 0.247. The van der Waals surface area contributed by atoms with Gasteiger partial charge in [-0.05, 0) is 43.3 Å². The van der Waals surface area contributed by atoms with Crippen molar-refractivity contribution in [2.45, 2.75) is 13.3 Å². The average molecular weight is 453 g/mol. The fourth-order valence-corrected chi connectivity index (χ4v) is 3.88. The first-order chi connectivity index (χ1) is 15.5. The van der Waals surface area contributed by atoms with Crippen LogP contribution in [0, 0.1) is 5.82 Å². The molecule has 0 aliphatic carbocycles. The number of ether oxygens (including phenoxy) is 1. The van der Waals surface area contributed by atoms with Gasteiger partial charge in [-0.3, -0.25) is 9.59 Å². The Morgan fingerprint density at radius 3 is 2.72 bits per heavy atom. The molecule has 4 rings (SSSR count). The summed E-state index contributed by atoms with van der Waals surface area (Å²) in [4.78, 5) is 29.3. The highest BCUT2D eigenvalue weighted by Crippen LogP contribution is 2.21. The molecule has 2 N–H and O–H groups in total. The first kappa shape index (κ1) is 21.4. The van der Waals surface area contributed by atoms with Crippen LogP contribution in [0.3, 0.4) is 0 Å². The van der Waals surface area contributed by atoms with Gasteiger partial charge in [0.25, 0.3) is 0 Å². The van der Waals surface area contributed by atoms with Gasteiger partial charge in [0, 0.05) is 29.6 Å². The summed E-state index contributed by atoms with van der Waals surface area (Å²) in [6.07, 6.45) is 0.452. The van der Waals surface area contributed by atoms with Crippen LogP contribution < -0.4 is 15.4 Å². The molecule has 0 bridgehead atoms. The van der Waals surface area contributed by atoms with Gasteiger partial charge in [-0.1, -0.05) is 12.1 Å². The van der Waals surface area contributed by atoms with Crippen molar-refractivity contribution in [2.75, 3.05) is 18.5 Å². The molecule has 2 amide bonds. The molecule has 2 aromatic heterocycles. The van der Waals surface area contributed by atoms with Gasteiger partial charge < -0.3 is 15.4 Å². The molecular weight excluding hydrogens is 433 g/mol. The Hall–Kier alpha value is -3.79. The van der Waals surface area contributed by atoms with Crippen LogP contribution in [0.2, 0.25) is 0 Å². The van der Waals surface area contributed by atoms with Crippen molar-refractivity contribution in [2.24, 2.45) is 0 Å². The van der Waals surface area contributed by atoms with Gasteiger partial charge in [-0.15, -0.1) is 16.4 Å². The number of hydrogen-bond acceptors (Lipinski definition) is 6. The smallest absolute Gasteiger partial charge is 0.313 e. The lowest BCUT2D eigenvalue weighted by molar-refractivity contribution is -0.136. The largest absolute Gasteiger partial charge is 0.494 e. The molecule has 2 heterocycles. The highest BCUT2D eigenvalue weighted by atomic mass is 32.1. The van der Waals surface area contributed by atoms with Crippen molar-refractivity contribution in [3.05, 3.63) is 65.4 Å². The minimum atomic E-state index is -0.751. The quantitative estimate of drug-likeness (QED) is 0.419. The van der Waals surface area contributed by atoms with Gasteiger partial charge in [-0.25, -0.2) is 8.91 Å². The normalized spacial score (nSPS) is 10.8. The zero-order chi connectivity index (χ0) is 22.5. The van der Waals surface area contributed by atoms with E-state index in [1.54, 1.807) is 40.9 Å². The van der Waals surface area contributed by atoms with Crippen LogP contribution in [0.15, 0.2) is 53.9 Å². The fourth-order valence-electron chi connectivity index (χ4n) is 3.02. The fraction of sp³-hybridized carbons (Fsp3) is 0.182. The molecule has 0 fully saturated rings. The summed E-state index contributed by atoms with van der Waals surface area (Å²) in [7, 11) is 0. The van der Waals surface area contributed by atoms with Crippen molar-refractivity contribution in [1.82, 2.24) is 19.9 Å². The van der Waals surface area contributed by atoms with Crippen molar-refractivity contribution < 1.29 is 18.7 Å². The number of fused-ring (bicyclic) bond motifs is 1. The molecule has 8 nitrogen and oxygen atoms in total. The third kappa shape index (κ3) is 4.92. The van der Waals surface area contributed by atoms with Gasteiger partial charge >= 0.3 is 11.8 Å². The summed E-state index contributed by atoms with van der Waals surface area (Å²) in [5.74, 6) is -0.725. The molecule has 0 atom stereocenters. The van der Waals surface area contributed by atoms with Crippen LogP contribution in [0.1, 0.15) is 12.6 Å². The van der Waals surface area contributed by atoms with E-state index < -0.39 is 11.8 Å². The maximum absolute atomic E-state index is 13.5. The summed E-state index contributed by atoms with van der Waals surface area (Å²) < 4.78 is 20.5. The third-order valence-electron chi connectivity index (χ3n) is 4.53. The Kier molecular flexibility index (Phi) is 6.41. The van der Waals surface area contributed by atoms with E-state index in [4.69, 9.17) is 4.74 Å². The molecule has 0 saturated carbocycles. The molecule has 0 spiro atoms. The molecule has 164 valence electrons. The van der Waals surface area contributed by atoms with Crippen LogP contribution in [-0.2, 0) is 16.0 Å². The van der Waals surface area contributed by atoms with E-state index in [2.05, 4.69) is 20.7 Å². The second-order valence-corrected chi connectivity index (χ2v) is 7.62. The lowest BCUT2D eigenvalue weighted by atomic mass is 10.2. The van der Waals surface area contributed by atoms with Crippen LogP contribution in [0.5, 0.6) is 5.75 Å². The molecule has 2 aromatic carbocycles. The first-order valence-electron chi connectivity index (χ1n) is 9.94. The summed E-state index contributed by atoms with van der Waals surface area (Å²) in [5.41, 5.74) is 1.92. The number of rotatable bonds is 7. The van der Waals surface area contributed by atoms with E-state index in [1.807, 2.05) is 12.3 Å². The number of thiazole rings is 1. The zero-order valence-corrected chi connectivity index (χ0v) is 18.0. The topological polar surface area (TPSA) is 97.6 Å². The Balaban J connectivity index is 1.32. The lowest BCUT2D eigenvalue weighted by Crippen LogP contribution is -2.36. The van der Waals surface area contributed by atoms with Crippen molar-refractivity contribution in [1.29, 1.82) is 0 Å². The molecule has 0 unspecified atom stereocenters. The first-order valence-corrected chi connectivity index (χ1v) is 10.8. The van der Waals surface area contributed by atoms with Crippen LogP contribution in [0.4, 0.5) is 10.1 Å². The van der Waals surface area contributed by atoms with Crippen molar-refractivity contribution in [3.8, 4) is 17.1 Å². The van der Waals surface area contributed by atoms with E-state index in [0.29, 0.717) is 40.8 Å². The summed E-state index contributed by atoms with van der Waals surface area (Å²) >= 11 is 1.40. The van der Waals surface area contributed by atoms with Crippen LogP contribution in [-0.4, -0.2) is 39.6 Å². The molecule has 0 aliphatic rings. The highest BCUT2D eigenvalue weighted by Gasteiger charge is 2.15. The SMILES string of the molecule is CCOc1ccc(NC(=O)C(=O)NCCc2csc3nc(-c4cccc(F)c4)nn23)cc1. The van der Waals surface area contributed by atoms with E-state index in [0.717, 1.165) is 5.69 Å². The van der Waals surface area contributed by atoms with Gasteiger partial charge in [0.1, 0.15) is 11.6 Å². The van der Waals surface area contributed by atoms with Crippen LogP contribution in [0.25, 0.3) is 16.3 Å². The molecule has 10 heteroatoms. The van der Waals surface area contributed by atoms with E-state index in [1.165, 1.54) is 23.5 Å². The number of amides is 2. The zero-order valence-electron chi connectivity index (χ0n) is 17.2. The number of halogens is 1. The number of aromatic nitrogens is 3.